The van der Waals surface area contributed by atoms with E-state index in [4.69, 9.17) is 0 Å². The van der Waals surface area contributed by atoms with Crippen molar-refractivity contribution in [2.24, 2.45) is 0 Å². The summed E-state index contributed by atoms with van der Waals surface area (Å²) in [4.78, 5) is 2.30. The minimum atomic E-state index is -0.253. The van der Waals surface area contributed by atoms with Crippen LogP contribution in [-0.4, -0.2) is 36.9 Å². The molecule has 0 spiro atoms. The van der Waals surface area contributed by atoms with Crippen LogP contribution in [0, 0.1) is 6.92 Å². The fourth-order valence-corrected chi connectivity index (χ4v) is 2.15. The van der Waals surface area contributed by atoms with Gasteiger partial charge in [0.2, 0.25) is 0 Å². The van der Waals surface area contributed by atoms with Crippen LogP contribution in [0.3, 0.4) is 0 Å². The first-order valence-corrected chi connectivity index (χ1v) is 7.22. The number of benzene rings is 1. The van der Waals surface area contributed by atoms with Crippen molar-refractivity contribution in [1.82, 2.24) is 5.32 Å². The lowest BCUT2D eigenvalue weighted by molar-refractivity contribution is 0.178. The van der Waals surface area contributed by atoms with Crippen molar-refractivity contribution >= 4 is 5.69 Å². The number of rotatable bonds is 8. The van der Waals surface area contributed by atoms with E-state index in [-0.39, 0.29) is 12.1 Å². The molecule has 0 fully saturated rings. The number of hydrogen-bond acceptors (Lipinski definition) is 3. The van der Waals surface area contributed by atoms with Gasteiger partial charge in [-0.3, -0.25) is 0 Å². The molecule has 2 N–H and O–H groups in total. The number of nitrogens with one attached hydrogen (secondary N) is 1. The van der Waals surface area contributed by atoms with E-state index in [2.05, 4.69) is 62.2 Å². The zero-order valence-electron chi connectivity index (χ0n) is 12.7. The second kappa shape index (κ2) is 7.51. The number of likely N-dealkylation sites (N-methyl/N-ethyl adjacent to an activating group) is 1. The lowest BCUT2D eigenvalue weighted by Gasteiger charge is -2.36. The molecule has 1 aromatic carbocycles. The van der Waals surface area contributed by atoms with E-state index in [1.807, 2.05) is 0 Å². The highest BCUT2D eigenvalue weighted by atomic mass is 16.3. The van der Waals surface area contributed by atoms with Gasteiger partial charge in [-0.15, -0.1) is 0 Å². The van der Waals surface area contributed by atoms with Gasteiger partial charge in [0.25, 0.3) is 0 Å². The molecule has 0 heterocycles. The summed E-state index contributed by atoms with van der Waals surface area (Å²) < 4.78 is 0. The largest absolute Gasteiger partial charge is 0.394 e. The predicted molar refractivity (Wildman–Crippen MR) is 82.9 cm³/mol. The summed E-state index contributed by atoms with van der Waals surface area (Å²) in [6.07, 6.45) is 1.08. The number of aliphatic hydroxyl groups excluding tert-OH is 1. The van der Waals surface area contributed by atoms with Crippen LogP contribution in [0.2, 0.25) is 0 Å². The van der Waals surface area contributed by atoms with Gasteiger partial charge in [-0.25, -0.2) is 0 Å². The minimum Gasteiger partial charge on any atom is -0.394 e. The van der Waals surface area contributed by atoms with Gasteiger partial charge in [0, 0.05) is 18.8 Å². The van der Waals surface area contributed by atoms with Gasteiger partial charge < -0.3 is 15.3 Å². The van der Waals surface area contributed by atoms with Gasteiger partial charge in [0.05, 0.1) is 12.1 Å². The van der Waals surface area contributed by atoms with E-state index in [1.54, 1.807) is 0 Å². The Bertz CT molecular complexity index is 364. The molecule has 1 rings (SSSR count). The summed E-state index contributed by atoms with van der Waals surface area (Å²) in [5.74, 6) is 0. The Kier molecular flexibility index (Phi) is 6.32. The molecule has 1 atom stereocenters. The average Bonchev–Trinajstić information content (AvgIpc) is 2.44. The van der Waals surface area contributed by atoms with Crippen molar-refractivity contribution in [3.63, 3.8) is 0 Å². The molecule has 0 aliphatic rings. The smallest absolute Gasteiger partial charge is 0.0627 e. The molecular weight excluding hydrogens is 236 g/mol. The summed E-state index contributed by atoms with van der Waals surface area (Å²) >= 11 is 0. The quantitative estimate of drug-likeness (QED) is 0.757. The average molecular weight is 264 g/mol. The Morgan fingerprint density at radius 1 is 1.21 bits per heavy atom. The van der Waals surface area contributed by atoms with Crippen LogP contribution in [0.5, 0.6) is 0 Å². The Hall–Kier alpha value is -1.06. The summed E-state index contributed by atoms with van der Waals surface area (Å²) in [5, 5.41) is 13.1. The molecule has 0 saturated carbocycles. The molecule has 3 nitrogen and oxygen atoms in total. The van der Waals surface area contributed by atoms with Crippen LogP contribution in [0.1, 0.15) is 32.8 Å². The highest BCUT2D eigenvalue weighted by molar-refractivity contribution is 5.47. The maximum absolute atomic E-state index is 9.66. The molecule has 1 aromatic rings. The highest BCUT2D eigenvalue weighted by Crippen LogP contribution is 2.18. The van der Waals surface area contributed by atoms with Crippen LogP contribution in [0.4, 0.5) is 5.69 Å². The molecule has 19 heavy (non-hydrogen) atoms. The zero-order valence-corrected chi connectivity index (χ0v) is 12.7. The van der Waals surface area contributed by atoms with Crippen molar-refractivity contribution in [3.05, 3.63) is 29.8 Å². The monoisotopic (exact) mass is 264 g/mol. The van der Waals surface area contributed by atoms with Crippen molar-refractivity contribution in [1.29, 1.82) is 0 Å². The molecule has 0 aliphatic carbocycles. The maximum Gasteiger partial charge on any atom is 0.0627 e. The molecular formula is C16H28N2O. The first kappa shape index (κ1) is 16.0. The summed E-state index contributed by atoms with van der Waals surface area (Å²) in [5.41, 5.74) is 2.23. The first-order chi connectivity index (χ1) is 9.04. The third kappa shape index (κ3) is 4.84. The molecule has 0 bridgehead atoms. The van der Waals surface area contributed by atoms with Crippen LogP contribution >= 0.6 is 0 Å². The van der Waals surface area contributed by atoms with Crippen LogP contribution in [-0.2, 0) is 0 Å². The van der Waals surface area contributed by atoms with Crippen molar-refractivity contribution in [3.8, 4) is 0 Å². The second-order valence-electron chi connectivity index (χ2n) is 5.50. The third-order valence-corrected chi connectivity index (χ3v) is 3.47. The zero-order chi connectivity index (χ0) is 14.3. The lowest BCUT2D eigenvalue weighted by atomic mass is 10.0. The number of anilines is 1. The molecule has 0 aromatic heterocycles. The number of aryl methyl sites for hydroxylation is 1. The Balaban J connectivity index is 2.76. The maximum atomic E-state index is 9.66. The minimum absolute atomic E-state index is 0.148. The van der Waals surface area contributed by atoms with Gasteiger partial charge in [0.15, 0.2) is 0 Å². The fraction of sp³-hybridized carbons (Fsp3) is 0.625. The second-order valence-corrected chi connectivity index (χ2v) is 5.50. The van der Waals surface area contributed by atoms with Crippen molar-refractivity contribution in [2.75, 3.05) is 31.1 Å². The molecule has 0 amide bonds. The van der Waals surface area contributed by atoms with E-state index >= 15 is 0 Å². The SMILES string of the molecule is CCCNC(C)(CO)CN(CC)c1ccc(C)cc1. The predicted octanol–water partition coefficient (Wildman–Crippen LogP) is 2.57. The summed E-state index contributed by atoms with van der Waals surface area (Å²) in [7, 11) is 0. The Morgan fingerprint density at radius 3 is 2.32 bits per heavy atom. The molecule has 3 heteroatoms. The van der Waals surface area contributed by atoms with Gasteiger partial charge in [-0.05, 0) is 45.9 Å². The van der Waals surface area contributed by atoms with Crippen LogP contribution < -0.4 is 10.2 Å². The Morgan fingerprint density at radius 2 is 1.84 bits per heavy atom. The number of aliphatic hydroxyl groups is 1. The highest BCUT2D eigenvalue weighted by Gasteiger charge is 2.25. The Labute approximate surface area is 117 Å². The van der Waals surface area contributed by atoms with E-state index in [0.717, 1.165) is 26.1 Å². The van der Waals surface area contributed by atoms with Gasteiger partial charge in [-0.1, -0.05) is 24.6 Å². The molecule has 0 saturated heterocycles. The van der Waals surface area contributed by atoms with Crippen LogP contribution in [0.15, 0.2) is 24.3 Å². The topological polar surface area (TPSA) is 35.5 Å². The van der Waals surface area contributed by atoms with Gasteiger partial charge >= 0.3 is 0 Å². The van der Waals surface area contributed by atoms with E-state index in [1.165, 1.54) is 11.3 Å². The lowest BCUT2D eigenvalue weighted by Crippen LogP contribution is -2.54. The van der Waals surface area contributed by atoms with Gasteiger partial charge in [0.1, 0.15) is 0 Å². The van der Waals surface area contributed by atoms with Crippen molar-refractivity contribution < 1.29 is 5.11 Å². The summed E-state index contributed by atoms with van der Waals surface area (Å²) in [6, 6.07) is 8.56. The van der Waals surface area contributed by atoms with Crippen LogP contribution in [0.25, 0.3) is 0 Å². The first-order valence-electron chi connectivity index (χ1n) is 7.22. The van der Waals surface area contributed by atoms with E-state index < -0.39 is 0 Å². The van der Waals surface area contributed by atoms with Crippen molar-refractivity contribution in [2.45, 2.75) is 39.7 Å². The normalized spacial score (nSPS) is 14.2. The number of nitrogens with zero attached hydrogens (tertiary/aromatic N) is 1. The van der Waals surface area contributed by atoms with Gasteiger partial charge in [-0.2, -0.15) is 0 Å². The fourth-order valence-electron chi connectivity index (χ4n) is 2.15. The molecule has 1 unspecified atom stereocenters. The standard InChI is InChI=1S/C16H28N2O/c1-5-11-17-16(4,13-19)12-18(6-2)15-9-7-14(3)8-10-15/h7-10,17,19H,5-6,11-13H2,1-4H3. The van der Waals surface area contributed by atoms with E-state index in [9.17, 15) is 5.11 Å². The molecule has 0 aliphatic heterocycles. The van der Waals surface area contributed by atoms with E-state index in [0.29, 0.717) is 0 Å². The number of hydrogen-bond donors (Lipinski definition) is 2. The molecule has 108 valence electrons. The third-order valence-electron chi connectivity index (χ3n) is 3.47. The molecule has 0 radical (unpaired) electrons. The summed E-state index contributed by atoms with van der Waals surface area (Å²) in [6.45, 7) is 11.3.